The maximum Gasteiger partial charge on any atom is 0.236 e. The van der Waals surface area contributed by atoms with Gasteiger partial charge in [0.15, 0.2) is 21.9 Å². The fourth-order valence-corrected chi connectivity index (χ4v) is 3.93. The van der Waals surface area contributed by atoms with E-state index in [4.69, 9.17) is 0 Å². The molecule has 0 radical (unpaired) electrons. The van der Waals surface area contributed by atoms with Gasteiger partial charge in [-0.15, -0.1) is 10.2 Å². The molecule has 134 valence electrons. The number of hydrogen-bond acceptors (Lipinski definition) is 7. The summed E-state index contributed by atoms with van der Waals surface area (Å²) in [5, 5.41) is 12.2. The molecule has 0 saturated carbocycles. The summed E-state index contributed by atoms with van der Waals surface area (Å²) < 4.78 is 1.86. The van der Waals surface area contributed by atoms with Crippen LogP contribution in [0.3, 0.4) is 0 Å². The fraction of sp³-hybridized carbons (Fsp3) is 0.235. The van der Waals surface area contributed by atoms with E-state index in [2.05, 4.69) is 20.5 Å². The molecule has 7 nitrogen and oxygen atoms in total. The Bertz CT molecular complexity index is 949. The number of anilines is 1. The van der Waals surface area contributed by atoms with Crippen molar-refractivity contribution in [3.8, 4) is 11.4 Å². The Morgan fingerprint density at radius 1 is 1.23 bits per heavy atom. The lowest BCUT2D eigenvalue weighted by Crippen LogP contribution is -2.14. The van der Waals surface area contributed by atoms with Crippen molar-refractivity contribution < 1.29 is 9.59 Å². The molecule has 2 aromatic heterocycles. The highest BCUT2D eigenvalue weighted by molar-refractivity contribution is 7.99. The monoisotopic (exact) mass is 387 g/mol. The van der Waals surface area contributed by atoms with Crippen molar-refractivity contribution in [2.24, 2.45) is 7.05 Å². The Balaban J connectivity index is 1.63. The van der Waals surface area contributed by atoms with Crippen molar-refractivity contribution in [3.63, 3.8) is 0 Å². The average molecular weight is 387 g/mol. The minimum atomic E-state index is -0.205. The molecular formula is C17H17N5O2S2. The summed E-state index contributed by atoms with van der Waals surface area (Å²) in [7, 11) is 1.87. The third-order valence-corrected chi connectivity index (χ3v) is 5.76. The third-order valence-electron chi connectivity index (χ3n) is 3.56. The minimum absolute atomic E-state index is 0.0533. The van der Waals surface area contributed by atoms with Gasteiger partial charge in [0, 0.05) is 19.5 Å². The van der Waals surface area contributed by atoms with Crippen LogP contribution in [0.15, 0.2) is 35.5 Å². The van der Waals surface area contributed by atoms with Crippen LogP contribution in [0.2, 0.25) is 0 Å². The van der Waals surface area contributed by atoms with Crippen LogP contribution in [0.25, 0.3) is 11.4 Å². The van der Waals surface area contributed by atoms with Crippen LogP contribution in [0.5, 0.6) is 0 Å². The van der Waals surface area contributed by atoms with Crippen LogP contribution in [0, 0.1) is 6.92 Å². The predicted molar refractivity (Wildman–Crippen MR) is 103 cm³/mol. The number of aryl methyl sites for hydroxylation is 1. The molecule has 26 heavy (non-hydrogen) atoms. The molecule has 0 aliphatic heterocycles. The number of carbonyl (C=O) groups excluding carboxylic acids is 2. The number of benzene rings is 1. The standard InChI is InChI=1S/C17H17N5O2S2/c1-10-14(11(2)23)26-16(18-10)19-13(24)9-25-17-21-20-15(22(17)3)12-7-5-4-6-8-12/h4-8H,9H2,1-3H3,(H,18,19,24). The molecule has 3 rings (SSSR count). The first-order chi connectivity index (χ1) is 12.5. The third kappa shape index (κ3) is 4.00. The largest absolute Gasteiger partial charge is 0.305 e. The van der Waals surface area contributed by atoms with Crippen LogP contribution >= 0.6 is 23.1 Å². The molecule has 0 aliphatic rings. The SMILES string of the molecule is CC(=O)c1sc(NC(=O)CSc2nnc(-c3ccccc3)n2C)nc1C. The molecule has 0 atom stereocenters. The summed E-state index contributed by atoms with van der Waals surface area (Å²) in [4.78, 5) is 28.4. The number of thiazole rings is 1. The quantitative estimate of drug-likeness (QED) is 0.516. The molecule has 1 amide bonds. The number of thioether (sulfide) groups is 1. The van der Waals surface area contributed by atoms with Crippen molar-refractivity contribution in [1.29, 1.82) is 0 Å². The number of nitrogens with zero attached hydrogens (tertiary/aromatic N) is 4. The maximum absolute atomic E-state index is 12.2. The number of rotatable bonds is 6. The van der Waals surface area contributed by atoms with Crippen LogP contribution in [-0.4, -0.2) is 37.2 Å². The van der Waals surface area contributed by atoms with E-state index in [1.54, 1.807) is 6.92 Å². The summed E-state index contributed by atoms with van der Waals surface area (Å²) in [6, 6.07) is 9.74. The molecule has 0 unspecified atom stereocenters. The van der Waals surface area contributed by atoms with E-state index < -0.39 is 0 Å². The molecule has 9 heteroatoms. The molecule has 0 spiro atoms. The molecule has 2 heterocycles. The maximum atomic E-state index is 12.2. The number of hydrogen-bond donors (Lipinski definition) is 1. The first-order valence-corrected chi connectivity index (χ1v) is 9.61. The van der Waals surface area contributed by atoms with Gasteiger partial charge < -0.3 is 9.88 Å². The number of Topliss-reactive ketones (excluding diaryl/α,β-unsaturated/α-hetero) is 1. The highest BCUT2D eigenvalue weighted by Gasteiger charge is 2.15. The van der Waals surface area contributed by atoms with Gasteiger partial charge in [-0.25, -0.2) is 4.98 Å². The Hall–Kier alpha value is -2.52. The van der Waals surface area contributed by atoms with Gasteiger partial charge in [0.05, 0.1) is 16.3 Å². The lowest BCUT2D eigenvalue weighted by atomic mass is 10.2. The number of ketones is 1. The lowest BCUT2D eigenvalue weighted by Gasteiger charge is -2.04. The number of aromatic nitrogens is 4. The van der Waals surface area contributed by atoms with Gasteiger partial charge in [0.1, 0.15) is 0 Å². The smallest absolute Gasteiger partial charge is 0.236 e. The summed E-state index contributed by atoms with van der Waals surface area (Å²) >= 11 is 2.48. The van der Waals surface area contributed by atoms with Crippen molar-refractivity contribution in [1.82, 2.24) is 19.7 Å². The van der Waals surface area contributed by atoms with Gasteiger partial charge in [-0.1, -0.05) is 53.4 Å². The van der Waals surface area contributed by atoms with Gasteiger partial charge >= 0.3 is 0 Å². The zero-order valence-electron chi connectivity index (χ0n) is 14.5. The number of amides is 1. The topological polar surface area (TPSA) is 89.8 Å². The van der Waals surface area contributed by atoms with Gasteiger partial charge in [-0.2, -0.15) is 0 Å². The van der Waals surface area contributed by atoms with Crippen LogP contribution in [0.4, 0.5) is 5.13 Å². The predicted octanol–water partition coefficient (Wildman–Crippen LogP) is 3.18. The highest BCUT2D eigenvalue weighted by atomic mass is 32.2. The van der Waals surface area contributed by atoms with Crippen LogP contribution in [0.1, 0.15) is 22.3 Å². The Kier molecular flexibility index (Phi) is 5.48. The second-order valence-electron chi connectivity index (χ2n) is 5.56. The van der Waals surface area contributed by atoms with E-state index in [1.165, 1.54) is 30.0 Å². The van der Waals surface area contributed by atoms with Crippen LogP contribution < -0.4 is 5.32 Å². The normalized spacial score (nSPS) is 10.7. The van der Waals surface area contributed by atoms with Crippen molar-refractivity contribution in [2.75, 3.05) is 11.1 Å². The Morgan fingerprint density at radius 3 is 2.62 bits per heavy atom. The molecular weight excluding hydrogens is 370 g/mol. The molecule has 0 saturated heterocycles. The molecule has 1 aromatic carbocycles. The Morgan fingerprint density at radius 2 is 1.96 bits per heavy atom. The molecule has 1 N–H and O–H groups in total. The second kappa shape index (κ2) is 7.79. The van der Waals surface area contributed by atoms with Crippen molar-refractivity contribution in [2.45, 2.75) is 19.0 Å². The summed E-state index contributed by atoms with van der Waals surface area (Å²) in [5.74, 6) is 0.662. The molecule has 0 aliphatic carbocycles. The van der Waals surface area contributed by atoms with E-state index in [0.717, 1.165) is 11.4 Å². The van der Waals surface area contributed by atoms with E-state index in [0.29, 0.717) is 20.9 Å². The van der Waals surface area contributed by atoms with Gasteiger partial charge in [-0.05, 0) is 6.92 Å². The first kappa shape index (κ1) is 18.3. The molecule has 3 aromatic rings. The molecule has 0 fully saturated rings. The van der Waals surface area contributed by atoms with Gasteiger partial charge in [0.2, 0.25) is 5.91 Å². The Labute approximate surface area is 158 Å². The van der Waals surface area contributed by atoms with Crippen molar-refractivity contribution >= 4 is 39.9 Å². The minimum Gasteiger partial charge on any atom is -0.305 e. The van der Waals surface area contributed by atoms with E-state index in [-0.39, 0.29) is 17.4 Å². The van der Waals surface area contributed by atoms with E-state index >= 15 is 0 Å². The van der Waals surface area contributed by atoms with E-state index in [9.17, 15) is 9.59 Å². The van der Waals surface area contributed by atoms with Crippen LogP contribution in [-0.2, 0) is 11.8 Å². The fourth-order valence-electron chi connectivity index (χ4n) is 2.34. The highest BCUT2D eigenvalue weighted by Crippen LogP contribution is 2.25. The molecule has 0 bridgehead atoms. The van der Waals surface area contributed by atoms with Gasteiger partial charge in [0.25, 0.3) is 0 Å². The van der Waals surface area contributed by atoms with Crippen molar-refractivity contribution in [3.05, 3.63) is 40.9 Å². The van der Waals surface area contributed by atoms with E-state index in [1.807, 2.05) is 41.9 Å². The summed E-state index contributed by atoms with van der Waals surface area (Å²) in [6.07, 6.45) is 0. The number of nitrogens with one attached hydrogen (secondary N) is 1. The summed E-state index contributed by atoms with van der Waals surface area (Å²) in [5.41, 5.74) is 1.60. The first-order valence-electron chi connectivity index (χ1n) is 7.81. The average Bonchev–Trinajstić information content (AvgIpc) is 3.16. The zero-order valence-corrected chi connectivity index (χ0v) is 16.1. The van der Waals surface area contributed by atoms with Gasteiger partial charge in [-0.3, -0.25) is 9.59 Å². The second-order valence-corrected chi connectivity index (χ2v) is 7.50. The zero-order chi connectivity index (χ0) is 18.7. The summed E-state index contributed by atoms with van der Waals surface area (Å²) in [6.45, 7) is 3.24. The number of carbonyl (C=O) groups is 2. The lowest BCUT2D eigenvalue weighted by molar-refractivity contribution is -0.113.